The van der Waals surface area contributed by atoms with Gasteiger partial charge in [-0.1, -0.05) is 52.0 Å². The van der Waals surface area contributed by atoms with Crippen molar-refractivity contribution in [2.45, 2.75) is 92.0 Å². The van der Waals surface area contributed by atoms with Crippen LogP contribution in [0, 0.1) is 24.2 Å². The number of hydrogen-bond donors (Lipinski definition) is 2. The number of aryl methyl sites for hydroxylation is 1. The van der Waals surface area contributed by atoms with E-state index in [1.54, 1.807) is 32.1 Å². The number of aromatic nitrogens is 1. The molecular weight excluding hydrogens is 462 g/mol. The van der Waals surface area contributed by atoms with Gasteiger partial charge >= 0.3 is 5.97 Å². The first kappa shape index (κ1) is 29.1. The first-order valence-corrected chi connectivity index (χ1v) is 13.3. The van der Waals surface area contributed by atoms with Crippen molar-refractivity contribution in [2.24, 2.45) is 17.3 Å². The van der Waals surface area contributed by atoms with E-state index in [2.05, 4.69) is 11.6 Å². The van der Waals surface area contributed by atoms with Crippen LogP contribution in [0.25, 0.3) is 6.08 Å². The van der Waals surface area contributed by atoms with Crippen LogP contribution in [0.2, 0.25) is 0 Å². The number of thiazole rings is 1. The Kier molecular flexibility index (Phi) is 10.6. The van der Waals surface area contributed by atoms with Crippen molar-refractivity contribution in [3.63, 3.8) is 0 Å². The first-order valence-electron chi connectivity index (χ1n) is 12.4. The number of allylic oxidation sites excluding steroid dienone is 2. The molecule has 5 atom stereocenters. The van der Waals surface area contributed by atoms with Crippen LogP contribution in [0.15, 0.2) is 35.3 Å². The molecule has 0 fully saturated rings. The number of nitrogens with zero attached hydrogens (tertiary/aromatic N) is 1. The number of hydrogen-bond acceptors (Lipinski definition) is 7. The molecular formula is C28H41NO5S. The molecule has 6 nitrogen and oxygen atoms in total. The lowest BCUT2D eigenvalue weighted by Crippen LogP contribution is -2.45. The number of aliphatic hydroxyl groups is 2. The Morgan fingerprint density at radius 3 is 2.57 bits per heavy atom. The number of aliphatic hydroxyl groups excluding tert-OH is 2. The van der Waals surface area contributed by atoms with Gasteiger partial charge in [-0.05, 0) is 50.7 Å². The maximum Gasteiger partial charge on any atom is 0.309 e. The fourth-order valence-corrected chi connectivity index (χ4v) is 5.03. The predicted molar refractivity (Wildman–Crippen MR) is 141 cm³/mol. The van der Waals surface area contributed by atoms with Crippen LogP contribution in [0.4, 0.5) is 0 Å². The normalized spacial score (nSPS) is 31.4. The summed E-state index contributed by atoms with van der Waals surface area (Å²) in [6, 6.07) is 0. The summed E-state index contributed by atoms with van der Waals surface area (Å²) in [5.74, 6) is -1.58. The third-order valence-electron chi connectivity index (χ3n) is 7.11. The molecule has 1 aromatic rings. The van der Waals surface area contributed by atoms with E-state index >= 15 is 0 Å². The average molecular weight is 504 g/mol. The zero-order valence-electron chi connectivity index (χ0n) is 21.9. The Bertz CT molecular complexity index is 960. The Morgan fingerprint density at radius 2 is 1.97 bits per heavy atom. The molecule has 2 heterocycles. The smallest absolute Gasteiger partial charge is 0.309 e. The minimum absolute atomic E-state index is 0.0784. The predicted octanol–water partition coefficient (Wildman–Crippen LogP) is 5.43. The van der Waals surface area contributed by atoms with Gasteiger partial charge in [0.2, 0.25) is 0 Å². The van der Waals surface area contributed by atoms with Gasteiger partial charge in [0.25, 0.3) is 0 Å². The number of Topliss-reactive ketones (excluding diaryl/α,β-unsaturated/α-hetero) is 1. The SMILES string of the molecule is C=C/C1=C/C[C@@H](/C(C)=C/c2csc(C)n2)OC(=O)C[C@H](O)C(C)(C)C(=O)[C@H](C)[C@@H](O)[C@@H](C)CCC1. The molecule has 0 saturated heterocycles. The molecule has 0 unspecified atom stereocenters. The summed E-state index contributed by atoms with van der Waals surface area (Å²) in [6.45, 7) is 14.6. The number of rotatable bonds is 3. The molecule has 1 aliphatic heterocycles. The maximum atomic E-state index is 13.2. The molecule has 1 aromatic heterocycles. The molecule has 0 radical (unpaired) electrons. The van der Waals surface area contributed by atoms with Gasteiger partial charge in [-0.2, -0.15) is 0 Å². The highest BCUT2D eigenvalue weighted by Crippen LogP contribution is 2.32. The van der Waals surface area contributed by atoms with Crippen molar-refractivity contribution in [1.82, 2.24) is 4.98 Å². The fraction of sp³-hybridized carbons (Fsp3) is 0.607. The molecule has 2 N–H and O–H groups in total. The second kappa shape index (κ2) is 12.7. The summed E-state index contributed by atoms with van der Waals surface area (Å²) in [5, 5.41) is 24.6. The third kappa shape index (κ3) is 7.95. The van der Waals surface area contributed by atoms with Crippen LogP contribution in [-0.4, -0.2) is 45.3 Å². The molecule has 0 aromatic carbocycles. The van der Waals surface area contributed by atoms with Crippen LogP contribution >= 0.6 is 11.3 Å². The van der Waals surface area contributed by atoms with Gasteiger partial charge in [-0.3, -0.25) is 9.59 Å². The molecule has 7 heteroatoms. The number of cyclic esters (lactones) is 1. The van der Waals surface area contributed by atoms with Crippen molar-refractivity contribution in [2.75, 3.05) is 0 Å². The van der Waals surface area contributed by atoms with E-state index in [4.69, 9.17) is 4.74 Å². The van der Waals surface area contributed by atoms with Crippen LogP contribution in [0.1, 0.15) is 77.4 Å². The second-order valence-electron chi connectivity index (χ2n) is 10.3. The number of carbonyl (C=O) groups is 2. The van der Waals surface area contributed by atoms with Gasteiger partial charge in [0.05, 0.1) is 34.7 Å². The molecule has 0 amide bonds. The molecule has 0 saturated carbocycles. The van der Waals surface area contributed by atoms with Gasteiger partial charge in [0.15, 0.2) is 0 Å². The summed E-state index contributed by atoms with van der Waals surface area (Å²) in [5.41, 5.74) is 1.50. The first-order chi connectivity index (χ1) is 16.4. The second-order valence-corrected chi connectivity index (χ2v) is 11.4. The van der Waals surface area contributed by atoms with E-state index in [9.17, 15) is 19.8 Å². The van der Waals surface area contributed by atoms with Gasteiger partial charge in [-0.15, -0.1) is 11.3 Å². The standard InChI is InChI=1S/C28H41NO5S/c1-8-21-11-9-10-17(2)26(32)19(4)27(33)28(6,7)24(30)15-25(31)34-23(13-12-21)18(3)14-22-16-35-20(5)29-22/h8,12,14,16-17,19,23-24,26,30,32H,1,9-11,13,15H2,2-7H3/b18-14+,21-12-/t17-,19+,23-,24-,26-/m0/s1. The molecule has 0 spiro atoms. The Morgan fingerprint density at radius 1 is 1.29 bits per heavy atom. The van der Waals surface area contributed by atoms with E-state index in [0.29, 0.717) is 6.42 Å². The third-order valence-corrected chi connectivity index (χ3v) is 7.90. The quantitative estimate of drug-likeness (QED) is 0.534. The van der Waals surface area contributed by atoms with E-state index in [-0.39, 0.29) is 18.1 Å². The summed E-state index contributed by atoms with van der Waals surface area (Å²) in [7, 11) is 0. The van der Waals surface area contributed by atoms with Gasteiger partial charge in [-0.25, -0.2) is 4.98 Å². The minimum Gasteiger partial charge on any atom is -0.457 e. The highest BCUT2D eigenvalue weighted by atomic mass is 32.1. The minimum atomic E-state index is -1.23. The Labute approximate surface area is 213 Å². The summed E-state index contributed by atoms with van der Waals surface area (Å²) in [6.07, 6.45) is 5.70. The molecule has 35 heavy (non-hydrogen) atoms. The lowest BCUT2D eigenvalue weighted by molar-refractivity contribution is -0.154. The molecule has 0 bridgehead atoms. The highest BCUT2D eigenvalue weighted by Gasteiger charge is 2.42. The number of carbonyl (C=O) groups excluding carboxylic acids is 2. The average Bonchev–Trinajstić information content (AvgIpc) is 3.21. The van der Waals surface area contributed by atoms with Gasteiger partial charge in [0, 0.05) is 17.7 Å². The van der Waals surface area contributed by atoms with E-state index < -0.39 is 35.6 Å². The van der Waals surface area contributed by atoms with E-state index in [1.807, 2.05) is 44.4 Å². The maximum absolute atomic E-state index is 13.2. The largest absolute Gasteiger partial charge is 0.457 e. The Balaban J connectivity index is 2.37. The van der Waals surface area contributed by atoms with Crippen molar-refractivity contribution in [3.8, 4) is 0 Å². The topological polar surface area (TPSA) is 96.7 Å². The highest BCUT2D eigenvalue weighted by molar-refractivity contribution is 7.09. The lowest BCUT2D eigenvalue weighted by Gasteiger charge is -2.34. The zero-order valence-corrected chi connectivity index (χ0v) is 22.7. The molecule has 0 aliphatic carbocycles. The van der Waals surface area contributed by atoms with Gasteiger partial charge in [0.1, 0.15) is 11.9 Å². The van der Waals surface area contributed by atoms with Crippen LogP contribution < -0.4 is 0 Å². The monoisotopic (exact) mass is 503 g/mol. The van der Waals surface area contributed by atoms with E-state index in [0.717, 1.165) is 41.1 Å². The zero-order chi connectivity index (χ0) is 26.3. The number of ether oxygens (including phenoxy) is 1. The van der Waals surface area contributed by atoms with Crippen LogP contribution in [-0.2, 0) is 14.3 Å². The molecule has 1 aliphatic rings. The van der Waals surface area contributed by atoms with Crippen molar-refractivity contribution in [1.29, 1.82) is 0 Å². The molecule has 194 valence electrons. The van der Waals surface area contributed by atoms with Crippen LogP contribution in [0.3, 0.4) is 0 Å². The van der Waals surface area contributed by atoms with E-state index in [1.165, 1.54) is 0 Å². The fourth-order valence-electron chi connectivity index (χ4n) is 4.46. The lowest BCUT2D eigenvalue weighted by atomic mass is 9.73. The molecule has 2 rings (SSSR count). The number of ketones is 1. The van der Waals surface area contributed by atoms with Crippen molar-refractivity contribution in [3.05, 3.63) is 46.0 Å². The summed E-state index contributed by atoms with van der Waals surface area (Å²) in [4.78, 5) is 30.5. The van der Waals surface area contributed by atoms with Crippen molar-refractivity contribution < 1.29 is 24.5 Å². The summed E-state index contributed by atoms with van der Waals surface area (Å²) >= 11 is 1.55. The van der Waals surface area contributed by atoms with Crippen molar-refractivity contribution >= 4 is 29.2 Å². The Hall–Kier alpha value is -2.09. The number of esters is 1. The van der Waals surface area contributed by atoms with Gasteiger partial charge < -0.3 is 14.9 Å². The van der Waals surface area contributed by atoms with Crippen LogP contribution in [0.5, 0.6) is 0 Å². The summed E-state index contributed by atoms with van der Waals surface area (Å²) < 4.78 is 5.82.